The molecule has 0 bridgehead atoms. The molecule has 7 nitrogen and oxygen atoms in total. The number of H-pyrrole nitrogens is 1. The minimum Gasteiger partial charge on any atom is -0.459 e. The third-order valence-corrected chi connectivity index (χ3v) is 5.07. The number of nitrogens with one attached hydrogen (secondary N) is 2. The normalized spacial score (nSPS) is 10.7. The predicted molar refractivity (Wildman–Crippen MR) is 113 cm³/mol. The summed E-state index contributed by atoms with van der Waals surface area (Å²) in [6, 6.07) is 8.03. The Hall–Kier alpha value is -2.26. The Morgan fingerprint density at radius 2 is 2.07 bits per heavy atom. The fraction of sp³-hybridized carbons (Fsp3) is 0.368. The van der Waals surface area contributed by atoms with E-state index >= 15 is 0 Å². The quantitative estimate of drug-likeness (QED) is 0.364. The lowest BCUT2D eigenvalue weighted by Gasteiger charge is -2.10. The topological polar surface area (TPSA) is 101 Å². The Morgan fingerprint density at radius 1 is 1.29 bits per heavy atom. The molecule has 2 aromatic rings. The first-order chi connectivity index (χ1) is 13.4. The molecule has 1 aromatic heterocycles. The van der Waals surface area contributed by atoms with Gasteiger partial charge in [-0.1, -0.05) is 24.8 Å². The molecule has 28 heavy (non-hydrogen) atoms. The van der Waals surface area contributed by atoms with Crippen molar-refractivity contribution in [3.63, 3.8) is 0 Å². The summed E-state index contributed by atoms with van der Waals surface area (Å²) < 4.78 is 5.15. The summed E-state index contributed by atoms with van der Waals surface area (Å²) in [5.74, 6) is 0.954. The lowest BCUT2D eigenvalue weighted by atomic mass is 10.2. The monoisotopic (exact) mass is 421 g/mol. The van der Waals surface area contributed by atoms with Crippen LogP contribution in [0.5, 0.6) is 0 Å². The number of aromatic nitrogens is 2. The van der Waals surface area contributed by atoms with Crippen LogP contribution in [0.4, 0.5) is 5.69 Å². The molecule has 0 saturated heterocycles. The first-order valence-electron chi connectivity index (χ1n) is 8.79. The number of carbonyl (C=O) groups excluding carboxylic acids is 2. The molecule has 0 aliphatic carbocycles. The molecule has 1 heterocycles. The molecule has 0 spiro atoms. The van der Waals surface area contributed by atoms with Gasteiger partial charge in [0.25, 0.3) is 5.56 Å². The van der Waals surface area contributed by atoms with E-state index in [1.165, 1.54) is 6.07 Å². The van der Waals surface area contributed by atoms with Crippen LogP contribution in [-0.2, 0) is 15.3 Å². The van der Waals surface area contributed by atoms with Crippen molar-refractivity contribution in [1.29, 1.82) is 0 Å². The van der Waals surface area contributed by atoms with Gasteiger partial charge in [0, 0.05) is 17.5 Å². The van der Waals surface area contributed by atoms with Gasteiger partial charge in [0.2, 0.25) is 5.91 Å². The SMILES string of the molecule is CCSCc1cc(=O)[nH]c(SCC(=O)Nc2cccc(C(=O)OC(C)C)c2)n1. The maximum absolute atomic E-state index is 12.2. The van der Waals surface area contributed by atoms with E-state index in [0.29, 0.717) is 27.9 Å². The van der Waals surface area contributed by atoms with Crippen molar-refractivity contribution < 1.29 is 14.3 Å². The molecule has 2 N–H and O–H groups in total. The highest BCUT2D eigenvalue weighted by Gasteiger charge is 2.11. The fourth-order valence-corrected chi connectivity index (χ4v) is 3.43. The number of nitrogens with zero attached hydrogens (tertiary/aromatic N) is 1. The number of amides is 1. The summed E-state index contributed by atoms with van der Waals surface area (Å²) in [5, 5.41) is 3.14. The predicted octanol–water partition coefficient (Wildman–Crippen LogP) is 3.32. The molecule has 9 heteroatoms. The molecule has 0 fully saturated rings. The third kappa shape index (κ3) is 7.40. The van der Waals surface area contributed by atoms with Gasteiger partial charge in [-0.2, -0.15) is 11.8 Å². The van der Waals surface area contributed by atoms with Crippen LogP contribution in [0.2, 0.25) is 0 Å². The zero-order valence-corrected chi connectivity index (χ0v) is 17.6. The van der Waals surface area contributed by atoms with E-state index in [-0.39, 0.29) is 23.3 Å². The number of rotatable bonds is 9. The van der Waals surface area contributed by atoms with E-state index in [1.807, 2.05) is 6.92 Å². The Morgan fingerprint density at radius 3 is 2.79 bits per heavy atom. The van der Waals surface area contributed by atoms with Crippen molar-refractivity contribution in [2.24, 2.45) is 0 Å². The Bertz CT molecular complexity index is 883. The minimum absolute atomic E-state index is 0.0774. The van der Waals surface area contributed by atoms with E-state index < -0.39 is 5.97 Å². The molecule has 2 rings (SSSR count). The number of anilines is 1. The number of hydrogen-bond acceptors (Lipinski definition) is 7. The van der Waals surface area contributed by atoms with Crippen molar-refractivity contribution in [3.05, 3.63) is 51.9 Å². The van der Waals surface area contributed by atoms with E-state index in [2.05, 4.69) is 15.3 Å². The third-order valence-electron chi connectivity index (χ3n) is 3.29. The van der Waals surface area contributed by atoms with Gasteiger partial charge in [-0.25, -0.2) is 9.78 Å². The molecule has 0 aliphatic heterocycles. The van der Waals surface area contributed by atoms with E-state index in [0.717, 1.165) is 17.5 Å². The minimum atomic E-state index is -0.441. The van der Waals surface area contributed by atoms with Gasteiger partial charge in [-0.05, 0) is 37.8 Å². The second-order valence-corrected chi connectivity index (χ2v) is 8.29. The highest BCUT2D eigenvalue weighted by Crippen LogP contribution is 2.16. The molecule has 0 atom stereocenters. The average Bonchev–Trinajstić information content (AvgIpc) is 2.64. The molecule has 1 aromatic carbocycles. The Labute approximate surface area is 172 Å². The van der Waals surface area contributed by atoms with Crippen molar-refractivity contribution in [3.8, 4) is 0 Å². The largest absolute Gasteiger partial charge is 0.459 e. The van der Waals surface area contributed by atoms with E-state index in [9.17, 15) is 14.4 Å². The summed E-state index contributed by atoms with van der Waals surface area (Å²) in [7, 11) is 0. The first kappa shape index (κ1) is 22.0. The average molecular weight is 422 g/mol. The number of aromatic amines is 1. The number of ether oxygens (including phenoxy) is 1. The smallest absolute Gasteiger partial charge is 0.338 e. The number of benzene rings is 1. The van der Waals surface area contributed by atoms with Gasteiger partial charge in [-0.3, -0.25) is 9.59 Å². The van der Waals surface area contributed by atoms with Gasteiger partial charge in [0.15, 0.2) is 5.16 Å². The highest BCUT2D eigenvalue weighted by molar-refractivity contribution is 7.99. The second kappa shape index (κ2) is 10.9. The highest BCUT2D eigenvalue weighted by atomic mass is 32.2. The maximum Gasteiger partial charge on any atom is 0.338 e. The Kier molecular flexibility index (Phi) is 8.59. The van der Waals surface area contributed by atoms with Crippen molar-refractivity contribution in [2.45, 2.75) is 37.8 Å². The molecule has 0 unspecified atom stereocenters. The molecular weight excluding hydrogens is 398 g/mol. The van der Waals surface area contributed by atoms with E-state index in [1.54, 1.807) is 49.9 Å². The standard InChI is InChI=1S/C19H23N3O4S2/c1-4-27-10-15-9-16(23)22-19(21-15)28-11-17(24)20-14-7-5-6-13(8-14)18(25)26-12(2)3/h5-9,12H,4,10-11H2,1-3H3,(H,20,24)(H,21,22,23). The van der Waals surface area contributed by atoms with Gasteiger partial charge in [0.05, 0.1) is 23.1 Å². The zero-order chi connectivity index (χ0) is 20.5. The summed E-state index contributed by atoms with van der Waals surface area (Å²) in [4.78, 5) is 42.9. The molecule has 0 aliphatic rings. The first-order valence-corrected chi connectivity index (χ1v) is 10.9. The number of hydrogen-bond donors (Lipinski definition) is 2. The number of carbonyl (C=O) groups is 2. The number of esters is 1. The van der Waals surface area contributed by atoms with Crippen molar-refractivity contribution in [1.82, 2.24) is 9.97 Å². The van der Waals surface area contributed by atoms with Gasteiger partial charge in [0.1, 0.15) is 0 Å². The molecule has 1 amide bonds. The van der Waals surface area contributed by atoms with Crippen LogP contribution in [0.1, 0.15) is 36.8 Å². The van der Waals surface area contributed by atoms with Crippen LogP contribution in [-0.4, -0.2) is 39.5 Å². The van der Waals surface area contributed by atoms with Crippen LogP contribution < -0.4 is 10.9 Å². The van der Waals surface area contributed by atoms with Crippen LogP contribution in [0, 0.1) is 0 Å². The summed E-state index contributed by atoms with van der Waals surface area (Å²) >= 11 is 2.82. The fourth-order valence-electron chi connectivity index (χ4n) is 2.17. The summed E-state index contributed by atoms with van der Waals surface area (Å²) in [6.07, 6.45) is -0.219. The molecule has 0 saturated carbocycles. The second-order valence-electron chi connectivity index (χ2n) is 6.05. The van der Waals surface area contributed by atoms with Gasteiger partial charge in [-0.15, -0.1) is 0 Å². The summed E-state index contributed by atoms with van der Waals surface area (Å²) in [5.41, 5.74) is 1.32. The van der Waals surface area contributed by atoms with Crippen LogP contribution in [0.15, 0.2) is 40.3 Å². The van der Waals surface area contributed by atoms with Crippen LogP contribution in [0.25, 0.3) is 0 Å². The van der Waals surface area contributed by atoms with Gasteiger partial charge < -0.3 is 15.0 Å². The Balaban J connectivity index is 1.95. The van der Waals surface area contributed by atoms with Crippen molar-refractivity contribution in [2.75, 3.05) is 16.8 Å². The van der Waals surface area contributed by atoms with Crippen LogP contribution >= 0.6 is 23.5 Å². The van der Waals surface area contributed by atoms with E-state index in [4.69, 9.17) is 4.74 Å². The number of thioether (sulfide) groups is 2. The lowest BCUT2D eigenvalue weighted by molar-refractivity contribution is -0.113. The van der Waals surface area contributed by atoms with Crippen LogP contribution in [0.3, 0.4) is 0 Å². The summed E-state index contributed by atoms with van der Waals surface area (Å²) in [6.45, 7) is 5.58. The molecule has 150 valence electrons. The molecule has 0 radical (unpaired) electrons. The zero-order valence-electron chi connectivity index (χ0n) is 16.0. The maximum atomic E-state index is 12.2. The van der Waals surface area contributed by atoms with Gasteiger partial charge >= 0.3 is 5.97 Å². The lowest BCUT2D eigenvalue weighted by Crippen LogP contribution is -2.16. The molecular formula is C19H23N3O4S2. The van der Waals surface area contributed by atoms with Crippen molar-refractivity contribution >= 4 is 41.1 Å².